The highest BCUT2D eigenvalue weighted by Gasteiger charge is 2.16. The Hall–Kier alpha value is -2.44. The SMILES string of the molecule is Cc1cc(C)n(C[C@H](O)CN(Cc2cccnc2)Cc2ccco2)n1. The summed E-state index contributed by atoms with van der Waals surface area (Å²) < 4.78 is 7.32. The Morgan fingerprint density at radius 1 is 1.24 bits per heavy atom. The minimum atomic E-state index is -0.523. The van der Waals surface area contributed by atoms with E-state index in [1.807, 2.05) is 55.1 Å². The molecule has 0 fully saturated rings. The van der Waals surface area contributed by atoms with Crippen LogP contribution >= 0.6 is 0 Å². The topological polar surface area (TPSA) is 67.3 Å². The lowest BCUT2D eigenvalue weighted by Crippen LogP contribution is -2.34. The van der Waals surface area contributed by atoms with Crippen molar-refractivity contribution in [2.24, 2.45) is 0 Å². The lowest BCUT2D eigenvalue weighted by molar-refractivity contribution is 0.0838. The number of furan rings is 1. The molecule has 1 N–H and O–H groups in total. The highest BCUT2D eigenvalue weighted by Crippen LogP contribution is 2.12. The number of nitrogens with zero attached hydrogens (tertiary/aromatic N) is 4. The predicted octanol–water partition coefficient (Wildman–Crippen LogP) is 2.55. The van der Waals surface area contributed by atoms with Crippen molar-refractivity contribution >= 4 is 0 Å². The van der Waals surface area contributed by atoms with Crippen molar-refractivity contribution in [3.63, 3.8) is 0 Å². The predicted molar refractivity (Wildman–Crippen MR) is 94.8 cm³/mol. The zero-order valence-electron chi connectivity index (χ0n) is 14.7. The molecular weight excluding hydrogens is 316 g/mol. The molecule has 0 radical (unpaired) electrons. The van der Waals surface area contributed by atoms with Crippen LogP contribution < -0.4 is 0 Å². The minimum Gasteiger partial charge on any atom is -0.468 e. The van der Waals surface area contributed by atoms with Crippen molar-refractivity contribution in [2.45, 2.75) is 39.6 Å². The first-order valence-electron chi connectivity index (χ1n) is 8.43. The van der Waals surface area contributed by atoms with Gasteiger partial charge in [0.25, 0.3) is 0 Å². The van der Waals surface area contributed by atoms with Crippen molar-refractivity contribution in [2.75, 3.05) is 6.54 Å². The van der Waals surface area contributed by atoms with E-state index in [0.29, 0.717) is 26.2 Å². The Balaban J connectivity index is 1.66. The van der Waals surface area contributed by atoms with E-state index in [2.05, 4.69) is 15.0 Å². The molecule has 0 spiro atoms. The Labute approximate surface area is 147 Å². The summed E-state index contributed by atoms with van der Waals surface area (Å²) >= 11 is 0. The molecule has 0 unspecified atom stereocenters. The molecule has 3 heterocycles. The Bertz CT molecular complexity index is 768. The van der Waals surface area contributed by atoms with Crippen LogP contribution in [0.25, 0.3) is 0 Å². The monoisotopic (exact) mass is 340 g/mol. The van der Waals surface area contributed by atoms with Gasteiger partial charge in [-0.2, -0.15) is 5.10 Å². The lowest BCUT2D eigenvalue weighted by atomic mass is 10.2. The van der Waals surface area contributed by atoms with E-state index in [1.54, 1.807) is 12.5 Å². The summed E-state index contributed by atoms with van der Waals surface area (Å²) in [5.41, 5.74) is 3.13. The summed E-state index contributed by atoms with van der Waals surface area (Å²) in [6.07, 6.45) is 4.76. The first kappa shape index (κ1) is 17.4. The average molecular weight is 340 g/mol. The van der Waals surface area contributed by atoms with Crippen molar-refractivity contribution in [3.05, 3.63) is 71.7 Å². The molecular formula is C19H24N4O2. The van der Waals surface area contributed by atoms with Crippen molar-refractivity contribution in [1.29, 1.82) is 0 Å². The van der Waals surface area contributed by atoms with Crippen LogP contribution in [-0.2, 0) is 19.6 Å². The maximum Gasteiger partial charge on any atom is 0.117 e. The van der Waals surface area contributed by atoms with E-state index in [-0.39, 0.29) is 0 Å². The molecule has 132 valence electrons. The minimum absolute atomic E-state index is 0.474. The molecule has 0 aliphatic rings. The van der Waals surface area contributed by atoms with E-state index >= 15 is 0 Å². The summed E-state index contributed by atoms with van der Waals surface area (Å²) in [7, 11) is 0. The molecule has 0 aliphatic heterocycles. The van der Waals surface area contributed by atoms with Gasteiger partial charge in [0, 0.05) is 31.2 Å². The molecule has 0 saturated carbocycles. The smallest absolute Gasteiger partial charge is 0.117 e. The van der Waals surface area contributed by atoms with E-state index < -0.39 is 6.10 Å². The van der Waals surface area contributed by atoms with Crippen LogP contribution in [0.1, 0.15) is 22.7 Å². The van der Waals surface area contributed by atoms with Crippen LogP contribution in [0.4, 0.5) is 0 Å². The fourth-order valence-corrected chi connectivity index (χ4v) is 2.97. The van der Waals surface area contributed by atoms with Gasteiger partial charge < -0.3 is 9.52 Å². The van der Waals surface area contributed by atoms with Gasteiger partial charge in [-0.05, 0) is 43.7 Å². The highest BCUT2D eigenvalue weighted by molar-refractivity contribution is 5.09. The van der Waals surface area contributed by atoms with Crippen molar-refractivity contribution < 1.29 is 9.52 Å². The third kappa shape index (κ3) is 5.01. The molecule has 3 rings (SSSR count). The first-order valence-corrected chi connectivity index (χ1v) is 8.43. The highest BCUT2D eigenvalue weighted by atomic mass is 16.3. The molecule has 6 heteroatoms. The van der Waals surface area contributed by atoms with Crippen LogP contribution in [0.3, 0.4) is 0 Å². The van der Waals surface area contributed by atoms with Crippen LogP contribution in [0.5, 0.6) is 0 Å². The molecule has 1 atom stereocenters. The molecule has 3 aromatic rings. The maximum atomic E-state index is 10.6. The Morgan fingerprint density at radius 2 is 2.12 bits per heavy atom. The number of aliphatic hydroxyl groups is 1. The number of aryl methyl sites for hydroxylation is 2. The van der Waals surface area contributed by atoms with Gasteiger partial charge in [0.05, 0.1) is 31.2 Å². The average Bonchev–Trinajstić information content (AvgIpc) is 3.18. The normalized spacial score (nSPS) is 12.6. The summed E-state index contributed by atoms with van der Waals surface area (Å²) in [6.45, 7) is 6.29. The van der Waals surface area contributed by atoms with Gasteiger partial charge in [-0.3, -0.25) is 14.6 Å². The number of hydrogen-bond acceptors (Lipinski definition) is 5. The second-order valence-electron chi connectivity index (χ2n) is 6.37. The van der Waals surface area contributed by atoms with Crippen LogP contribution in [0.2, 0.25) is 0 Å². The third-order valence-electron chi connectivity index (χ3n) is 4.04. The number of hydrogen-bond donors (Lipinski definition) is 1. The van der Waals surface area contributed by atoms with E-state index in [0.717, 1.165) is 22.7 Å². The second-order valence-corrected chi connectivity index (χ2v) is 6.37. The zero-order valence-corrected chi connectivity index (χ0v) is 14.7. The largest absolute Gasteiger partial charge is 0.468 e. The van der Waals surface area contributed by atoms with Gasteiger partial charge in [0.1, 0.15) is 5.76 Å². The molecule has 25 heavy (non-hydrogen) atoms. The lowest BCUT2D eigenvalue weighted by Gasteiger charge is -2.24. The summed E-state index contributed by atoms with van der Waals surface area (Å²) in [4.78, 5) is 6.33. The molecule has 0 bridgehead atoms. The zero-order chi connectivity index (χ0) is 17.6. The van der Waals surface area contributed by atoms with Crippen molar-refractivity contribution in [1.82, 2.24) is 19.7 Å². The standard InChI is InChI=1S/C19H24N4O2/c1-15-9-16(2)23(21-15)13-18(24)12-22(14-19-6-4-8-25-19)11-17-5-3-7-20-10-17/h3-10,18,24H,11-14H2,1-2H3/t18-/m1/s1. The van der Waals surface area contributed by atoms with Crippen LogP contribution in [0, 0.1) is 13.8 Å². The van der Waals surface area contributed by atoms with Crippen LogP contribution in [-0.4, -0.2) is 37.4 Å². The maximum absolute atomic E-state index is 10.6. The molecule has 0 amide bonds. The number of pyridine rings is 1. The molecule has 0 saturated heterocycles. The van der Waals surface area contributed by atoms with Crippen LogP contribution in [0.15, 0.2) is 53.4 Å². The van der Waals surface area contributed by atoms with Gasteiger partial charge in [0.15, 0.2) is 0 Å². The Morgan fingerprint density at radius 3 is 2.76 bits per heavy atom. The number of aliphatic hydroxyl groups excluding tert-OH is 1. The summed E-state index contributed by atoms with van der Waals surface area (Å²) in [5, 5.41) is 15.0. The van der Waals surface area contributed by atoms with Gasteiger partial charge in [-0.1, -0.05) is 6.07 Å². The molecule has 3 aromatic heterocycles. The number of aromatic nitrogens is 3. The van der Waals surface area contributed by atoms with Gasteiger partial charge in [-0.25, -0.2) is 0 Å². The van der Waals surface area contributed by atoms with Gasteiger partial charge in [-0.15, -0.1) is 0 Å². The van der Waals surface area contributed by atoms with Gasteiger partial charge >= 0.3 is 0 Å². The van der Waals surface area contributed by atoms with Gasteiger partial charge in [0.2, 0.25) is 0 Å². The fourth-order valence-electron chi connectivity index (χ4n) is 2.97. The van der Waals surface area contributed by atoms with E-state index in [9.17, 15) is 5.11 Å². The summed E-state index contributed by atoms with van der Waals surface area (Å²) in [6, 6.07) is 9.80. The van der Waals surface area contributed by atoms with E-state index in [4.69, 9.17) is 4.42 Å². The molecule has 0 aromatic carbocycles. The second kappa shape index (κ2) is 8.09. The third-order valence-corrected chi connectivity index (χ3v) is 4.04. The fraction of sp³-hybridized carbons (Fsp3) is 0.368. The molecule has 6 nitrogen and oxygen atoms in total. The van der Waals surface area contributed by atoms with Crippen molar-refractivity contribution in [3.8, 4) is 0 Å². The molecule has 0 aliphatic carbocycles. The Kier molecular flexibility index (Phi) is 5.63. The summed E-state index contributed by atoms with van der Waals surface area (Å²) in [5.74, 6) is 0.877. The van der Waals surface area contributed by atoms with E-state index in [1.165, 1.54) is 0 Å². The first-order chi connectivity index (χ1) is 12.1. The number of rotatable bonds is 8. The quantitative estimate of drug-likeness (QED) is 0.682.